The Hall–Kier alpha value is -0.390. The van der Waals surface area contributed by atoms with Crippen molar-refractivity contribution in [3.63, 3.8) is 0 Å². The monoisotopic (exact) mass is 331 g/mol. The SMILES string of the molecule is CCc1nn(CC)c(CNC(CO)CC(C)C)c1Br. The lowest BCUT2D eigenvalue weighted by molar-refractivity contribution is 0.222. The predicted molar refractivity (Wildman–Crippen MR) is 82.1 cm³/mol. The zero-order valence-corrected chi connectivity index (χ0v) is 14.0. The standard InChI is InChI=1S/C14H26BrN3O/c1-5-12-14(15)13(18(6-2)17-12)8-16-11(9-19)7-10(3)4/h10-11,16,19H,5-9H2,1-4H3. The van der Waals surface area contributed by atoms with E-state index in [4.69, 9.17) is 0 Å². The van der Waals surface area contributed by atoms with Crippen molar-refractivity contribution >= 4 is 15.9 Å². The van der Waals surface area contributed by atoms with Gasteiger partial charge in [-0.1, -0.05) is 20.8 Å². The average Bonchev–Trinajstić information content (AvgIpc) is 2.70. The molecule has 5 heteroatoms. The molecule has 1 rings (SSSR count). The van der Waals surface area contributed by atoms with Crippen LogP contribution in [0.4, 0.5) is 0 Å². The maximum atomic E-state index is 9.40. The van der Waals surface area contributed by atoms with Gasteiger partial charge in [0, 0.05) is 19.1 Å². The Balaban J connectivity index is 2.73. The van der Waals surface area contributed by atoms with E-state index in [1.54, 1.807) is 0 Å². The summed E-state index contributed by atoms with van der Waals surface area (Å²) in [5, 5.41) is 17.4. The first kappa shape index (κ1) is 16.7. The van der Waals surface area contributed by atoms with E-state index in [0.717, 1.165) is 36.1 Å². The van der Waals surface area contributed by atoms with Crippen molar-refractivity contribution in [1.29, 1.82) is 0 Å². The Morgan fingerprint density at radius 2 is 2.05 bits per heavy atom. The third-order valence-electron chi connectivity index (χ3n) is 3.23. The summed E-state index contributed by atoms with van der Waals surface area (Å²) in [6.45, 7) is 10.3. The number of hydrogen-bond donors (Lipinski definition) is 2. The lowest BCUT2D eigenvalue weighted by Gasteiger charge is -2.18. The number of rotatable bonds is 8. The molecular weight excluding hydrogens is 306 g/mol. The van der Waals surface area contributed by atoms with Gasteiger partial charge in [-0.25, -0.2) is 0 Å². The molecule has 110 valence electrons. The topological polar surface area (TPSA) is 50.1 Å². The van der Waals surface area contributed by atoms with Crippen molar-refractivity contribution in [2.24, 2.45) is 5.92 Å². The fourth-order valence-corrected chi connectivity index (χ4v) is 2.92. The van der Waals surface area contributed by atoms with Gasteiger partial charge in [0.25, 0.3) is 0 Å². The first-order valence-electron chi connectivity index (χ1n) is 7.11. The van der Waals surface area contributed by atoms with Crippen molar-refractivity contribution in [2.75, 3.05) is 6.61 Å². The van der Waals surface area contributed by atoms with E-state index in [0.29, 0.717) is 5.92 Å². The molecule has 4 nitrogen and oxygen atoms in total. The minimum atomic E-state index is 0.150. The van der Waals surface area contributed by atoms with Gasteiger partial charge in [-0.3, -0.25) is 4.68 Å². The van der Waals surface area contributed by atoms with Gasteiger partial charge in [0.05, 0.1) is 22.5 Å². The largest absolute Gasteiger partial charge is 0.395 e. The van der Waals surface area contributed by atoms with Crippen LogP contribution < -0.4 is 5.32 Å². The second-order valence-electron chi connectivity index (χ2n) is 5.27. The van der Waals surface area contributed by atoms with Crippen molar-refractivity contribution in [1.82, 2.24) is 15.1 Å². The Kier molecular flexibility index (Phi) is 7.04. The van der Waals surface area contributed by atoms with Crippen LogP contribution in [0.3, 0.4) is 0 Å². The van der Waals surface area contributed by atoms with E-state index < -0.39 is 0 Å². The molecule has 0 aliphatic carbocycles. The highest BCUT2D eigenvalue weighted by atomic mass is 79.9. The summed E-state index contributed by atoms with van der Waals surface area (Å²) in [6, 6.07) is 0.150. The van der Waals surface area contributed by atoms with E-state index in [9.17, 15) is 5.11 Å². The summed E-state index contributed by atoms with van der Waals surface area (Å²) in [7, 11) is 0. The number of halogens is 1. The van der Waals surface area contributed by atoms with Crippen molar-refractivity contribution in [3.05, 3.63) is 15.9 Å². The summed E-state index contributed by atoms with van der Waals surface area (Å²) in [6.07, 6.45) is 1.91. The molecule has 0 aliphatic rings. The molecule has 19 heavy (non-hydrogen) atoms. The number of aryl methyl sites for hydroxylation is 2. The van der Waals surface area contributed by atoms with Gasteiger partial charge in [0.15, 0.2) is 0 Å². The molecule has 1 atom stereocenters. The molecule has 1 heterocycles. The van der Waals surface area contributed by atoms with E-state index in [2.05, 4.69) is 54.0 Å². The van der Waals surface area contributed by atoms with Crippen LogP contribution in [0.25, 0.3) is 0 Å². The Morgan fingerprint density at radius 3 is 2.53 bits per heavy atom. The lowest BCUT2D eigenvalue weighted by atomic mass is 10.0. The van der Waals surface area contributed by atoms with Gasteiger partial charge in [-0.15, -0.1) is 0 Å². The summed E-state index contributed by atoms with van der Waals surface area (Å²) in [4.78, 5) is 0. The predicted octanol–water partition coefficient (Wildman–Crippen LogP) is 2.72. The number of hydrogen-bond acceptors (Lipinski definition) is 3. The number of aliphatic hydroxyl groups is 1. The zero-order valence-electron chi connectivity index (χ0n) is 12.4. The molecule has 0 bridgehead atoms. The van der Waals surface area contributed by atoms with Crippen molar-refractivity contribution < 1.29 is 5.11 Å². The molecule has 1 aromatic rings. The zero-order chi connectivity index (χ0) is 14.4. The fourth-order valence-electron chi connectivity index (χ4n) is 2.22. The summed E-state index contributed by atoms with van der Waals surface area (Å²) in [5.41, 5.74) is 2.27. The molecule has 0 spiro atoms. The third kappa shape index (κ3) is 4.58. The second kappa shape index (κ2) is 8.02. The smallest absolute Gasteiger partial charge is 0.0767 e. The lowest BCUT2D eigenvalue weighted by Crippen LogP contribution is -2.34. The molecular formula is C14H26BrN3O. The van der Waals surface area contributed by atoms with Crippen LogP contribution in [-0.4, -0.2) is 27.5 Å². The quantitative estimate of drug-likeness (QED) is 0.770. The molecule has 0 saturated carbocycles. The Bertz CT molecular complexity index is 390. The number of aromatic nitrogens is 2. The van der Waals surface area contributed by atoms with Crippen LogP contribution >= 0.6 is 15.9 Å². The Morgan fingerprint density at radius 1 is 1.37 bits per heavy atom. The fraction of sp³-hybridized carbons (Fsp3) is 0.786. The van der Waals surface area contributed by atoms with E-state index in [1.807, 2.05) is 4.68 Å². The van der Waals surface area contributed by atoms with Gasteiger partial charge in [-0.2, -0.15) is 5.10 Å². The normalized spacial score (nSPS) is 13.2. The van der Waals surface area contributed by atoms with E-state index >= 15 is 0 Å². The van der Waals surface area contributed by atoms with Crippen LogP contribution in [0.15, 0.2) is 4.47 Å². The number of aliphatic hydroxyl groups excluding tert-OH is 1. The average molecular weight is 332 g/mol. The molecule has 0 radical (unpaired) electrons. The number of nitrogens with one attached hydrogen (secondary N) is 1. The van der Waals surface area contributed by atoms with Gasteiger partial charge in [0.2, 0.25) is 0 Å². The molecule has 1 aromatic heterocycles. The van der Waals surface area contributed by atoms with Crippen LogP contribution in [0.5, 0.6) is 0 Å². The van der Waals surface area contributed by atoms with Gasteiger partial charge >= 0.3 is 0 Å². The molecule has 0 fully saturated rings. The highest BCUT2D eigenvalue weighted by Crippen LogP contribution is 2.22. The first-order valence-corrected chi connectivity index (χ1v) is 7.90. The van der Waals surface area contributed by atoms with E-state index in [-0.39, 0.29) is 12.6 Å². The second-order valence-corrected chi connectivity index (χ2v) is 6.06. The van der Waals surface area contributed by atoms with E-state index in [1.165, 1.54) is 5.69 Å². The van der Waals surface area contributed by atoms with Gasteiger partial charge in [-0.05, 0) is 41.6 Å². The first-order chi connectivity index (χ1) is 9.03. The molecule has 0 aromatic carbocycles. The summed E-state index contributed by atoms with van der Waals surface area (Å²) < 4.78 is 3.13. The highest BCUT2D eigenvalue weighted by Gasteiger charge is 2.16. The highest BCUT2D eigenvalue weighted by molar-refractivity contribution is 9.10. The summed E-state index contributed by atoms with van der Waals surface area (Å²) in [5.74, 6) is 0.579. The molecule has 2 N–H and O–H groups in total. The Labute approximate surface area is 124 Å². The molecule has 1 unspecified atom stereocenters. The van der Waals surface area contributed by atoms with Gasteiger partial charge in [0.1, 0.15) is 0 Å². The van der Waals surface area contributed by atoms with Gasteiger partial charge < -0.3 is 10.4 Å². The van der Waals surface area contributed by atoms with Crippen molar-refractivity contribution in [3.8, 4) is 0 Å². The van der Waals surface area contributed by atoms with Crippen LogP contribution in [0.2, 0.25) is 0 Å². The van der Waals surface area contributed by atoms with Crippen LogP contribution in [0.1, 0.15) is 45.5 Å². The third-order valence-corrected chi connectivity index (χ3v) is 4.14. The van der Waals surface area contributed by atoms with Crippen molar-refractivity contribution in [2.45, 2.75) is 59.7 Å². The van der Waals surface area contributed by atoms with Crippen LogP contribution in [0, 0.1) is 5.92 Å². The summed E-state index contributed by atoms with van der Waals surface area (Å²) >= 11 is 3.64. The molecule has 0 amide bonds. The van der Waals surface area contributed by atoms with Crippen LogP contribution in [-0.2, 0) is 19.5 Å². The minimum Gasteiger partial charge on any atom is -0.395 e. The molecule has 0 saturated heterocycles. The minimum absolute atomic E-state index is 0.150. The maximum Gasteiger partial charge on any atom is 0.0767 e. The number of nitrogens with zero attached hydrogens (tertiary/aromatic N) is 2. The maximum absolute atomic E-state index is 9.40. The molecule has 0 aliphatic heterocycles.